The molecule has 0 unspecified atom stereocenters. The lowest BCUT2D eigenvalue weighted by atomic mass is 10.0. The van der Waals surface area contributed by atoms with Crippen LogP contribution in [0.4, 0.5) is 0 Å². The number of carbonyl (C=O) groups is 2. The Morgan fingerprint density at radius 2 is 1.34 bits per heavy atom. The Labute approximate surface area is 213 Å². The first-order chi connectivity index (χ1) is 16.5. The van der Waals surface area contributed by atoms with E-state index in [2.05, 4.69) is 6.92 Å². The van der Waals surface area contributed by atoms with Crippen LogP contribution in [0.3, 0.4) is 0 Å². The van der Waals surface area contributed by atoms with Gasteiger partial charge >= 0.3 is 0 Å². The maximum Gasteiger partial charge on any atom is 0.285 e. The van der Waals surface area contributed by atoms with E-state index in [4.69, 9.17) is 4.18 Å². The summed E-state index contributed by atoms with van der Waals surface area (Å²) in [6.45, 7) is 13.7. The molecule has 3 aromatic carbocycles. The normalized spacial score (nSPS) is 11.2. The van der Waals surface area contributed by atoms with E-state index in [0.29, 0.717) is 16.9 Å². The Balaban J connectivity index is 2.04. The summed E-state index contributed by atoms with van der Waals surface area (Å²) in [5, 5.41) is 1.48. The van der Waals surface area contributed by atoms with Gasteiger partial charge in [0.1, 0.15) is 5.75 Å². The molecule has 0 aliphatic rings. The van der Waals surface area contributed by atoms with Crippen molar-refractivity contribution in [1.29, 1.82) is 0 Å². The first-order valence-electron chi connectivity index (χ1n) is 11.8. The van der Waals surface area contributed by atoms with Crippen LogP contribution >= 0.6 is 12.2 Å². The summed E-state index contributed by atoms with van der Waals surface area (Å²) in [5.41, 5.74) is 4.48. The van der Waals surface area contributed by atoms with Crippen molar-refractivity contribution in [2.24, 2.45) is 0 Å². The SMILES string of the molecule is CCc1ccc(C(=O)N(N(SOc2ccc(C)cc2)C(=O)c2cc(C)cc(C)c2)C(C)(C)C)cc1. The minimum Gasteiger partial charge on any atom is -0.404 e. The highest BCUT2D eigenvalue weighted by Crippen LogP contribution is 2.30. The van der Waals surface area contributed by atoms with Crippen molar-refractivity contribution >= 4 is 24.0 Å². The van der Waals surface area contributed by atoms with Gasteiger partial charge in [0.2, 0.25) is 12.2 Å². The molecule has 0 N–H and O–H groups in total. The fourth-order valence-corrected chi connectivity index (χ4v) is 4.53. The van der Waals surface area contributed by atoms with Crippen LogP contribution in [0, 0.1) is 20.8 Å². The number of hydrogen-bond acceptors (Lipinski definition) is 4. The molecule has 0 aliphatic heterocycles. The zero-order valence-corrected chi connectivity index (χ0v) is 22.4. The molecular formula is C29H34N2O3S. The fourth-order valence-electron chi connectivity index (χ4n) is 3.70. The molecule has 0 radical (unpaired) electrons. The molecule has 0 spiro atoms. The van der Waals surface area contributed by atoms with Gasteiger partial charge in [-0.3, -0.25) is 9.59 Å². The highest BCUT2D eigenvalue weighted by atomic mass is 32.2. The summed E-state index contributed by atoms with van der Waals surface area (Å²) >= 11 is 0.850. The average molecular weight is 491 g/mol. The van der Waals surface area contributed by atoms with Gasteiger partial charge in [0.15, 0.2) is 0 Å². The third-order valence-corrected chi connectivity index (χ3v) is 6.22. The molecule has 0 atom stereocenters. The van der Waals surface area contributed by atoms with Crippen LogP contribution in [-0.2, 0) is 6.42 Å². The third kappa shape index (κ3) is 6.67. The molecule has 0 aliphatic carbocycles. The van der Waals surface area contributed by atoms with Crippen LogP contribution < -0.4 is 4.18 Å². The molecule has 0 fully saturated rings. The van der Waals surface area contributed by atoms with Crippen molar-refractivity contribution in [2.45, 2.75) is 60.4 Å². The van der Waals surface area contributed by atoms with E-state index >= 15 is 0 Å². The first-order valence-corrected chi connectivity index (χ1v) is 12.5. The van der Waals surface area contributed by atoms with Crippen LogP contribution in [0.25, 0.3) is 0 Å². The number of amides is 2. The van der Waals surface area contributed by atoms with Crippen LogP contribution in [0.2, 0.25) is 0 Å². The number of hydrazine groups is 1. The number of hydrogen-bond donors (Lipinski definition) is 0. The lowest BCUT2D eigenvalue weighted by Crippen LogP contribution is -2.55. The van der Waals surface area contributed by atoms with E-state index in [0.717, 1.165) is 40.9 Å². The van der Waals surface area contributed by atoms with Crippen molar-refractivity contribution in [3.8, 4) is 5.75 Å². The molecule has 2 amide bonds. The van der Waals surface area contributed by atoms with Crippen LogP contribution in [0.1, 0.15) is 70.7 Å². The highest BCUT2D eigenvalue weighted by Gasteiger charge is 2.38. The molecular weight excluding hydrogens is 456 g/mol. The molecule has 35 heavy (non-hydrogen) atoms. The number of aryl methyl sites for hydroxylation is 4. The molecule has 0 aromatic heterocycles. The molecule has 3 rings (SSSR count). The Bertz CT molecular complexity index is 1160. The number of rotatable bonds is 6. The zero-order chi connectivity index (χ0) is 25.8. The molecule has 0 saturated heterocycles. The second-order valence-corrected chi connectivity index (χ2v) is 10.4. The predicted octanol–water partition coefficient (Wildman–Crippen LogP) is 7.11. The average Bonchev–Trinajstić information content (AvgIpc) is 2.80. The summed E-state index contributed by atoms with van der Waals surface area (Å²) in [5.74, 6) is -0.0207. The maximum absolute atomic E-state index is 13.9. The molecule has 0 bridgehead atoms. The van der Waals surface area contributed by atoms with Gasteiger partial charge in [0.05, 0.1) is 5.54 Å². The Morgan fingerprint density at radius 3 is 1.86 bits per heavy atom. The Kier molecular flexibility index (Phi) is 8.28. The van der Waals surface area contributed by atoms with Gasteiger partial charge in [0.25, 0.3) is 11.8 Å². The van der Waals surface area contributed by atoms with Crippen LogP contribution in [-0.4, -0.2) is 26.8 Å². The maximum atomic E-state index is 13.9. The predicted molar refractivity (Wildman–Crippen MR) is 143 cm³/mol. The van der Waals surface area contributed by atoms with Crippen molar-refractivity contribution in [1.82, 2.24) is 9.42 Å². The fraction of sp³-hybridized carbons (Fsp3) is 0.310. The van der Waals surface area contributed by atoms with E-state index in [1.807, 2.05) is 108 Å². The molecule has 184 valence electrons. The second kappa shape index (κ2) is 11.0. The van der Waals surface area contributed by atoms with E-state index in [1.165, 1.54) is 9.42 Å². The Morgan fingerprint density at radius 1 is 0.771 bits per heavy atom. The quantitative estimate of drug-likeness (QED) is 0.210. The highest BCUT2D eigenvalue weighted by molar-refractivity contribution is 7.93. The number of nitrogens with zero attached hydrogens (tertiary/aromatic N) is 2. The summed E-state index contributed by atoms with van der Waals surface area (Å²) in [6.07, 6.45) is 0.884. The van der Waals surface area contributed by atoms with Crippen molar-refractivity contribution < 1.29 is 13.8 Å². The standard InChI is InChI=1S/C29H34N2O3S/c1-8-23-11-13-24(14-12-23)27(32)30(29(5,6)7)31(35-34-26-15-9-20(2)10-16-26)28(33)25-18-21(3)17-22(4)19-25/h9-19H,8H2,1-7H3. The van der Waals surface area contributed by atoms with Gasteiger partial charge in [0, 0.05) is 11.1 Å². The van der Waals surface area contributed by atoms with Gasteiger partial charge in [-0.2, -0.15) is 0 Å². The number of carbonyl (C=O) groups excluding carboxylic acids is 2. The second-order valence-electron chi connectivity index (χ2n) is 9.76. The van der Waals surface area contributed by atoms with E-state index < -0.39 is 5.54 Å². The molecule has 6 heteroatoms. The number of benzene rings is 3. The third-order valence-electron chi connectivity index (χ3n) is 5.49. The molecule has 5 nitrogen and oxygen atoms in total. The lowest BCUT2D eigenvalue weighted by Gasteiger charge is -2.41. The smallest absolute Gasteiger partial charge is 0.285 e. The summed E-state index contributed by atoms with van der Waals surface area (Å²) in [4.78, 5) is 27.7. The van der Waals surface area contributed by atoms with Gasteiger partial charge in [-0.05, 0) is 89.9 Å². The summed E-state index contributed by atoms with van der Waals surface area (Å²) in [6, 6.07) is 20.7. The summed E-state index contributed by atoms with van der Waals surface area (Å²) in [7, 11) is 0. The van der Waals surface area contributed by atoms with Crippen LogP contribution in [0.15, 0.2) is 66.7 Å². The van der Waals surface area contributed by atoms with E-state index in [9.17, 15) is 9.59 Å². The molecule has 0 heterocycles. The van der Waals surface area contributed by atoms with Crippen molar-refractivity contribution in [3.63, 3.8) is 0 Å². The van der Waals surface area contributed by atoms with Crippen molar-refractivity contribution in [3.05, 3.63) is 100 Å². The van der Waals surface area contributed by atoms with Gasteiger partial charge < -0.3 is 4.18 Å². The zero-order valence-electron chi connectivity index (χ0n) is 21.6. The van der Waals surface area contributed by atoms with E-state index in [1.54, 1.807) is 0 Å². The van der Waals surface area contributed by atoms with Crippen LogP contribution in [0.5, 0.6) is 5.75 Å². The van der Waals surface area contributed by atoms with Gasteiger partial charge in [-0.1, -0.05) is 53.9 Å². The topological polar surface area (TPSA) is 49.9 Å². The summed E-state index contributed by atoms with van der Waals surface area (Å²) < 4.78 is 7.29. The first kappa shape index (κ1) is 26.4. The Hall–Kier alpha value is -3.25. The molecule has 3 aromatic rings. The minimum atomic E-state index is -0.710. The lowest BCUT2D eigenvalue weighted by molar-refractivity contribution is -0.00181. The van der Waals surface area contributed by atoms with Gasteiger partial charge in [-0.15, -0.1) is 4.41 Å². The largest absolute Gasteiger partial charge is 0.404 e. The van der Waals surface area contributed by atoms with E-state index in [-0.39, 0.29) is 11.8 Å². The van der Waals surface area contributed by atoms with Crippen molar-refractivity contribution in [2.75, 3.05) is 0 Å². The van der Waals surface area contributed by atoms with Gasteiger partial charge in [-0.25, -0.2) is 5.01 Å². The monoisotopic (exact) mass is 490 g/mol. The molecule has 0 saturated carbocycles. The minimum absolute atomic E-state index is 0.280.